The van der Waals surface area contributed by atoms with E-state index < -0.39 is 11.0 Å². The number of benzene rings is 3. The number of ketones is 1. The van der Waals surface area contributed by atoms with Crippen molar-refractivity contribution in [3.63, 3.8) is 0 Å². The Bertz CT molecular complexity index is 1020. The van der Waals surface area contributed by atoms with E-state index in [4.69, 9.17) is 5.73 Å². The Morgan fingerprint density at radius 1 is 0.897 bits per heavy atom. The minimum absolute atomic E-state index is 0.0167. The van der Waals surface area contributed by atoms with Crippen LogP contribution in [0.25, 0.3) is 0 Å². The van der Waals surface area contributed by atoms with Gasteiger partial charge in [-0.2, -0.15) is 0 Å². The quantitative estimate of drug-likeness (QED) is 0.365. The average molecular weight is 389 g/mol. The zero-order valence-electron chi connectivity index (χ0n) is 15.4. The van der Waals surface area contributed by atoms with Crippen LogP contribution in [-0.4, -0.2) is 22.7 Å². The van der Waals surface area contributed by atoms with Crippen molar-refractivity contribution in [3.8, 4) is 0 Å². The Morgan fingerprint density at radius 2 is 1.48 bits per heavy atom. The second-order valence-electron chi connectivity index (χ2n) is 6.50. The summed E-state index contributed by atoms with van der Waals surface area (Å²) in [6.07, 6.45) is 0.244. The Balaban J connectivity index is 1.59. The Morgan fingerprint density at radius 3 is 2.07 bits per heavy atom. The molecule has 7 nitrogen and oxygen atoms in total. The van der Waals surface area contributed by atoms with Crippen molar-refractivity contribution in [1.82, 2.24) is 0 Å². The number of nitro benzene ring substituents is 1. The maximum Gasteiger partial charge on any atom is 0.269 e. The zero-order valence-corrected chi connectivity index (χ0v) is 15.4. The molecule has 0 spiro atoms. The number of non-ortho nitro benzene ring substituents is 1. The highest BCUT2D eigenvalue weighted by molar-refractivity contribution is 6.09. The number of nitrogens with zero attached hydrogens (tertiary/aromatic N) is 1. The third-order valence-corrected chi connectivity index (χ3v) is 4.39. The monoisotopic (exact) mass is 389 g/mol. The molecule has 0 fully saturated rings. The molecule has 0 aliphatic rings. The van der Waals surface area contributed by atoms with Gasteiger partial charge in [0.2, 0.25) is 5.91 Å². The Kier molecular flexibility index (Phi) is 6.11. The minimum atomic E-state index is -0.818. The van der Waals surface area contributed by atoms with E-state index in [1.807, 2.05) is 6.07 Å². The molecule has 0 aromatic heterocycles. The molecular weight excluding hydrogens is 370 g/mol. The molecule has 1 atom stereocenters. The number of anilines is 1. The van der Waals surface area contributed by atoms with Gasteiger partial charge in [0, 0.05) is 28.9 Å². The van der Waals surface area contributed by atoms with Gasteiger partial charge in [-0.25, -0.2) is 0 Å². The van der Waals surface area contributed by atoms with Crippen LogP contribution in [0.3, 0.4) is 0 Å². The van der Waals surface area contributed by atoms with Crippen LogP contribution in [0, 0.1) is 10.1 Å². The van der Waals surface area contributed by atoms with E-state index in [1.165, 1.54) is 12.1 Å². The van der Waals surface area contributed by atoms with Crippen LogP contribution in [0.5, 0.6) is 0 Å². The second kappa shape index (κ2) is 8.90. The molecule has 0 aliphatic heterocycles. The van der Waals surface area contributed by atoms with Crippen molar-refractivity contribution in [1.29, 1.82) is 0 Å². The maximum absolute atomic E-state index is 12.4. The summed E-state index contributed by atoms with van der Waals surface area (Å²) in [6.45, 7) is 0. The summed E-state index contributed by atoms with van der Waals surface area (Å²) in [5.41, 5.74) is 8.29. The van der Waals surface area contributed by atoms with Crippen molar-refractivity contribution >= 4 is 23.1 Å². The predicted molar refractivity (Wildman–Crippen MR) is 110 cm³/mol. The average Bonchev–Trinajstić information content (AvgIpc) is 2.74. The molecular formula is C22H19N3O4. The van der Waals surface area contributed by atoms with E-state index in [-0.39, 0.29) is 23.8 Å². The molecule has 1 unspecified atom stereocenters. The molecule has 0 heterocycles. The van der Waals surface area contributed by atoms with Crippen LogP contribution in [-0.2, 0) is 11.2 Å². The Hall–Kier alpha value is -3.84. The SMILES string of the molecule is NC(Cc1ccc([N+](=O)[O-])cc1)C(=O)Nc1ccc(C(=O)c2ccccc2)cc1. The van der Waals surface area contributed by atoms with Crippen molar-refractivity contribution < 1.29 is 14.5 Å². The number of carbonyl (C=O) groups excluding carboxylic acids is 2. The summed E-state index contributed by atoms with van der Waals surface area (Å²) < 4.78 is 0. The van der Waals surface area contributed by atoms with E-state index in [2.05, 4.69) is 5.32 Å². The number of hydrogen-bond acceptors (Lipinski definition) is 5. The zero-order chi connectivity index (χ0) is 20.8. The first-order valence-corrected chi connectivity index (χ1v) is 8.93. The number of carbonyl (C=O) groups is 2. The van der Waals surface area contributed by atoms with Crippen LogP contribution in [0.2, 0.25) is 0 Å². The maximum atomic E-state index is 12.4. The number of nitro groups is 1. The third kappa shape index (κ3) is 5.12. The lowest BCUT2D eigenvalue weighted by Crippen LogP contribution is -2.37. The van der Waals surface area contributed by atoms with Crippen molar-refractivity contribution in [2.24, 2.45) is 5.73 Å². The van der Waals surface area contributed by atoms with Gasteiger partial charge in [-0.3, -0.25) is 19.7 Å². The number of amides is 1. The van der Waals surface area contributed by atoms with Gasteiger partial charge in [-0.05, 0) is 36.2 Å². The Labute approximate surface area is 167 Å². The van der Waals surface area contributed by atoms with E-state index in [9.17, 15) is 19.7 Å². The summed E-state index contributed by atoms with van der Waals surface area (Å²) in [5.74, 6) is -0.483. The summed E-state index contributed by atoms with van der Waals surface area (Å²) in [4.78, 5) is 34.9. The molecule has 0 bridgehead atoms. The molecule has 3 N–H and O–H groups in total. The summed E-state index contributed by atoms with van der Waals surface area (Å²) in [5, 5.41) is 13.4. The molecule has 3 rings (SSSR count). The number of rotatable bonds is 7. The summed E-state index contributed by atoms with van der Waals surface area (Å²) in [6, 6.07) is 20.6. The summed E-state index contributed by atoms with van der Waals surface area (Å²) >= 11 is 0. The van der Waals surface area contributed by atoms with Crippen molar-refractivity contribution in [2.75, 3.05) is 5.32 Å². The molecule has 0 aliphatic carbocycles. The molecule has 29 heavy (non-hydrogen) atoms. The number of hydrogen-bond donors (Lipinski definition) is 2. The van der Waals surface area contributed by atoms with Gasteiger partial charge >= 0.3 is 0 Å². The molecule has 3 aromatic rings. The first-order valence-electron chi connectivity index (χ1n) is 8.93. The highest BCUT2D eigenvalue weighted by Gasteiger charge is 2.16. The fourth-order valence-electron chi connectivity index (χ4n) is 2.80. The van der Waals surface area contributed by atoms with Crippen LogP contribution in [0.15, 0.2) is 78.9 Å². The van der Waals surface area contributed by atoms with Crippen molar-refractivity contribution in [2.45, 2.75) is 12.5 Å². The molecule has 7 heteroatoms. The minimum Gasteiger partial charge on any atom is -0.325 e. The van der Waals surface area contributed by atoms with Crippen LogP contribution in [0.4, 0.5) is 11.4 Å². The lowest BCUT2D eigenvalue weighted by Gasteiger charge is -2.12. The second-order valence-corrected chi connectivity index (χ2v) is 6.50. The standard InChI is InChI=1S/C22H19N3O4/c23-20(14-15-6-12-19(13-7-15)25(28)29)22(27)24-18-10-8-17(9-11-18)21(26)16-4-2-1-3-5-16/h1-13,20H,14,23H2,(H,24,27). The fraction of sp³-hybridized carbons (Fsp3) is 0.0909. The highest BCUT2D eigenvalue weighted by atomic mass is 16.6. The van der Waals surface area contributed by atoms with E-state index in [0.29, 0.717) is 16.8 Å². The van der Waals surface area contributed by atoms with Crippen molar-refractivity contribution in [3.05, 3.63) is 106 Å². The van der Waals surface area contributed by atoms with Crippen LogP contribution >= 0.6 is 0 Å². The van der Waals surface area contributed by atoms with Crippen LogP contribution in [0.1, 0.15) is 21.5 Å². The van der Waals surface area contributed by atoms with Gasteiger partial charge < -0.3 is 11.1 Å². The third-order valence-electron chi connectivity index (χ3n) is 4.39. The summed E-state index contributed by atoms with van der Waals surface area (Å²) in [7, 11) is 0. The number of nitrogens with two attached hydrogens (primary N) is 1. The topological polar surface area (TPSA) is 115 Å². The molecule has 1 amide bonds. The first kappa shape index (κ1) is 19.9. The van der Waals surface area contributed by atoms with Gasteiger partial charge in [0.1, 0.15) is 0 Å². The van der Waals surface area contributed by atoms with Gasteiger partial charge in [0.05, 0.1) is 11.0 Å². The normalized spacial score (nSPS) is 11.5. The molecule has 0 saturated carbocycles. The molecule has 146 valence electrons. The van der Waals surface area contributed by atoms with E-state index in [0.717, 1.165) is 5.56 Å². The largest absolute Gasteiger partial charge is 0.325 e. The van der Waals surface area contributed by atoms with Gasteiger partial charge in [-0.1, -0.05) is 42.5 Å². The molecule has 0 radical (unpaired) electrons. The predicted octanol–water partition coefficient (Wildman–Crippen LogP) is 3.33. The lowest BCUT2D eigenvalue weighted by molar-refractivity contribution is -0.384. The highest BCUT2D eigenvalue weighted by Crippen LogP contribution is 2.16. The molecule has 3 aromatic carbocycles. The fourth-order valence-corrected chi connectivity index (χ4v) is 2.80. The van der Waals surface area contributed by atoms with E-state index in [1.54, 1.807) is 60.7 Å². The molecule has 0 saturated heterocycles. The lowest BCUT2D eigenvalue weighted by atomic mass is 10.0. The first-order chi connectivity index (χ1) is 13.9. The smallest absolute Gasteiger partial charge is 0.269 e. The van der Waals surface area contributed by atoms with Gasteiger partial charge in [0.15, 0.2) is 5.78 Å². The van der Waals surface area contributed by atoms with E-state index >= 15 is 0 Å². The number of nitrogens with one attached hydrogen (secondary N) is 1. The van der Waals surface area contributed by atoms with Gasteiger partial charge in [-0.15, -0.1) is 0 Å². The van der Waals surface area contributed by atoms with Crippen LogP contribution < -0.4 is 11.1 Å². The van der Waals surface area contributed by atoms with Gasteiger partial charge in [0.25, 0.3) is 5.69 Å².